The number of fused-ring (bicyclic) bond motifs is 1. The molecule has 0 spiro atoms. The number of para-hydroxylation sites is 1. The maximum absolute atomic E-state index is 5.79. The van der Waals surface area contributed by atoms with E-state index in [4.69, 9.17) is 4.74 Å². The molecule has 0 amide bonds. The summed E-state index contributed by atoms with van der Waals surface area (Å²) in [5.74, 6) is 0. The van der Waals surface area contributed by atoms with Gasteiger partial charge in [-0.25, -0.2) is 0 Å². The first-order valence-corrected chi connectivity index (χ1v) is 5.62. The van der Waals surface area contributed by atoms with Gasteiger partial charge in [-0.05, 0) is 36.8 Å². The minimum absolute atomic E-state index is 0.249. The standard InChI is InChI=1S/C13H15NO/c1-2-6-12-11(5-1)8-9-14(12)13-7-3-4-10-15-13/h1-2,5-6,8-9,13H,3-4,7,10H2. The molecule has 2 heterocycles. The molecule has 0 radical (unpaired) electrons. The Morgan fingerprint density at radius 3 is 2.93 bits per heavy atom. The second-order valence-electron chi connectivity index (χ2n) is 4.10. The normalized spacial score (nSPS) is 22.0. The van der Waals surface area contributed by atoms with Crippen LogP contribution in [0.15, 0.2) is 36.5 Å². The van der Waals surface area contributed by atoms with E-state index in [1.54, 1.807) is 0 Å². The van der Waals surface area contributed by atoms with Crippen LogP contribution in [-0.4, -0.2) is 11.2 Å². The van der Waals surface area contributed by atoms with Crippen LogP contribution in [-0.2, 0) is 4.74 Å². The predicted molar refractivity (Wildman–Crippen MR) is 60.8 cm³/mol. The van der Waals surface area contributed by atoms with Gasteiger partial charge in [-0.2, -0.15) is 0 Å². The lowest BCUT2D eigenvalue weighted by atomic mass is 10.2. The number of ether oxygens (including phenoxy) is 1. The maximum atomic E-state index is 5.79. The molecule has 2 aromatic rings. The Kier molecular flexibility index (Phi) is 2.22. The largest absolute Gasteiger partial charge is 0.358 e. The summed E-state index contributed by atoms with van der Waals surface area (Å²) in [7, 11) is 0. The van der Waals surface area contributed by atoms with Crippen LogP contribution in [0.5, 0.6) is 0 Å². The van der Waals surface area contributed by atoms with Crippen molar-refractivity contribution in [2.24, 2.45) is 0 Å². The molecule has 0 saturated carbocycles. The van der Waals surface area contributed by atoms with Crippen LogP contribution >= 0.6 is 0 Å². The Morgan fingerprint density at radius 2 is 2.07 bits per heavy atom. The SMILES string of the molecule is c1ccc2c(c1)ccn2C1CCCCO1. The average molecular weight is 201 g/mol. The van der Waals surface area contributed by atoms with Crippen LogP contribution in [0.2, 0.25) is 0 Å². The summed E-state index contributed by atoms with van der Waals surface area (Å²) in [5, 5.41) is 1.30. The molecule has 1 saturated heterocycles. The van der Waals surface area contributed by atoms with Crippen LogP contribution in [0.4, 0.5) is 0 Å². The average Bonchev–Trinajstić information content (AvgIpc) is 2.74. The van der Waals surface area contributed by atoms with E-state index in [-0.39, 0.29) is 6.23 Å². The van der Waals surface area contributed by atoms with E-state index >= 15 is 0 Å². The van der Waals surface area contributed by atoms with E-state index < -0.39 is 0 Å². The summed E-state index contributed by atoms with van der Waals surface area (Å²) in [6.45, 7) is 0.900. The first-order valence-electron chi connectivity index (χ1n) is 5.62. The van der Waals surface area contributed by atoms with Crippen molar-refractivity contribution in [3.05, 3.63) is 36.5 Å². The second kappa shape index (κ2) is 3.70. The summed E-state index contributed by atoms with van der Waals surface area (Å²) in [4.78, 5) is 0. The van der Waals surface area contributed by atoms with Crippen molar-refractivity contribution in [3.8, 4) is 0 Å². The van der Waals surface area contributed by atoms with Gasteiger partial charge in [0.2, 0.25) is 0 Å². The smallest absolute Gasteiger partial charge is 0.133 e. The van der Waals surface area contributed by atoms with Crippen molar-refractivity contribution in [3.63, 3.8) is 0 Å². The van der Waals surface area contributed by atoms with E-state index in [0.717, 1.165) is 13.0 Å². The summed E-state index contributed by atoms with van der Waals surface area (Å²) < 4.78 is 8.05. The molecular weight excluding hydrogens is 186 g/mol. The van der Waals surface area contributed by atoms with Crippen molar-refractivity contribution in [2.75, 3.05) is 6.61 Å². The Balaban J connectivity index is 2.02. The fraction of sp³-hybridized carbons (Fsp3) is 0.385. The first kappa shape index (κ1) is 8.98. The van der Waals surface area contributed by atoms with Crippen LogP contribution in [0.25, 0.3) is 10.9 Å². The maximum Gasteiger partial charge on any atom is 0.133 e. The van der Waals surface area contributed by atoms with Gasteiger partial charge in [-0.3, -0.25) is 0 Å². The molecule has 0 bridgehead atoms. The molecule has 2 heteroatoms. The zero-order valence-electron chi connectivity index (χ0n) is 8.73. The van der Waals surface area contributed by atoms with Gasteiger partial charge < -0.3 is 9.30 Å². The van der Waals surface area contributed by atoms with Crippen LogP contribution in [0.3, 0.4) is 0 Å². The minimum atomic E-state index is 0.249. The van der Waals surface area contributed by atoms with Crippen molar-refractivity contribution >= 4 is 10.9 Å². The fourth-order valence-electron chi connectivity index (χ4n) is 2.30. The van der Waals surface area contributed by atoms with E-state index in [1.165, 1.54) is 23.7 Å². The molecule has 2 nitrogen and oxygen atoms in total. The van der Waals surface area contributed by atoms with Gasteiger partial charge in [0.05, 0.1) is 5.52 Å². The molecule has 0 N–H and O–H groups in total. The topological polar surface area (TPSA) is 14.2 Å². The van der Waals surface area contributed by atoms with Crippen LogP contribution < -0.4 is 0 Å². The molecule has 1 aliphatic rings. The lowest BCUT2D eigenvalue weighted by Gasteiger charge is -2.24. The van der Waals surface area contributed by atoms with Crippen molar-refractivity contribution < 1.29 is 4.74 Å². The monoisotopic (exact) mass is 201 g/mol. The van der Waals surface area contributed by atoms with E-state index in [1.807, 2.05) is 0 Å². The number of nitrogens with zero attached hydrogens (tertiary/aromatic N) is 1. The zero-order valence-corrected chi connectivity index (χ0v) is 8.73. The van der Waals surface area contributed by atoms with E-state index in [2.05, 4.69) is 41.1 Å². The third kappa shape index (κ3) is 1.55. The molecule has 3 rings (SSSR count). The molecule has 1 aromatic heterocycles. The molecule has 15 heavy (non-hydrogen) atoms. The van der Waals surface area contributed by atoms with E-state index in [9.17, 15) is 0 Å². The Hall–Kier alpha value is -1.28. The summed E-state index contributed by atoms with van der Waals surface area (Å²) in [5.41, 5.74) is 1.28. The molecular formula is C13H15NO. The van der Waals surface area contributed by atoms with Gasteiger partial charge in [-0.1, -0.05) is 18.2 Å². The first-order chi connectivity index (χ1) is 7.45. The molecule has 1 aromatic carbocycles. The van der Waals surface area contributed by atoms with Gasteiger partial charge in [-0.15, -0.1) is 0 Å². The molecule has 78 valence electrons. The van der Waals surface area contributed by atoms with Gasteiger partial charge in [0, 0.05) is 12.8 Å². The van der Waals surface area contributed by atoms with Crippen molar-refractivity contribution in [1.29, 1.82) is 0 Å². The molecule has 1 unspecified atom stereocenters. The van der Waals surface area contributed by atoms with Crippen molar-refractivity contribution in [2.45, 2.75) is 25.5 Å². The minimum Gasteiger partial charge on any atom is -0.358 e. The summed E-state index contributed by atoms with van der Waals surface area (Å²) in [6.07, 6.45) is 6.00. The second-order valence-corrected chi connectivity index (χ2v) is 4.10. The predicted octanol–water partition coefficient (Wildman–Crippen LogP) is 3.34. The van der Waals surface area contributed by atoms with Crippen LogP contribution in [0, 0.1) is 0 Å². The highest BCUT2D eigenvalue weighted by atomic mass is 16.5. The Labute approximate surface area is 89.5 Å². The number of hydrogen-bond donors (Lipinski definition) is 0. The van der Waals surface area contributed by atoms with Crippen molar-refractivity contribution in [1.82, 2.24) is 4.57 Å². The number of benzene rings is 1. The van der Waals surface area contributed by atoms with Gasteiger partial charge in [0.15, 0.2) is 0 Å². The van der Waals surface area contributed by atoms with E-state index in [0.29, 0.717) is 0 Å². The van der Waals surface area contributed by atoms with Gasteiger partial charge in [0.25, 0.3) is 0 Å². The lowest BCUT2D eigenvalue weighted by Crippen LogP contribution is -2.17. The molecule has 1 atom stereocenters. The van der Waals surface area contributed by atoms with Gasteiger partial charge >= 0.3 is 0 Å². The Bertz CT molecular complexity index is 454. The Morgan fingerprint density at radius 1 is 1.13 bits per heavy atom. The lowest BCUT2D eigenvalue weighted by molar-refractivity contribution is -0.0291. The third-order valence-electron chi connectivity index (χ3n) is 3.10. The zero-order chi connectivity index (χ0) is 10.1. The number of aromatic nitrogens is 1. The molecule has 0 aliphatic carbocycles. The van der Waals surface area contributed by atoms with Crippen LogP contribution in [0.1, 0.15) is 25.5 Å². The quantitative estimate of drug-likeness (QED) is 0.690. The highest BCUT2D eigenvalue weighted by Crippen LogP contribution is 2.27. The number of rotatable bonds is 1. The molecule has 1 aliphatic heterocycles. The highest BCUT2D eigenvalue weighted by Gasteiger charge is 2.16. The number of hydrogen-bond acceptors (Lipinski definition) is 1. The summed E-state index contributed by atoms with van der Waals surface area (Å²) >= 11 is 0. The summed E-state index contributed by atoms with van der Waals surface area (Å²) in [6, 6.07) is 10.6. The third-order valence-corrected chi connectivity index (χ3v) is 3.10. The molecule has 1 fully saturated rings. The van der Waals surface area contributed by atoms with Gasteiger partial charge in [0.1, 0.15) is 6.23 Å². The fourth-order valence-corrected chi connectivity index (χ4v) is 2.30. The highest BCUT2D eigenvalue weighted by molar-refractivity contribution is 5.80.